The molecule has 21 heavy (non-hydrogen) atoms. The number of nitrogens with one attached hydrogen (secondary N) is 1. The van der Waals surface area contributed by atoms with Crippen molar-refractivity contribution in [2.75, 3.05) is 0 Å². The minimum absolute atomic E-state index is 0.515. The van der Waals surface area contributed by atoms with Gasteiger partial charge in [0.1, 0.15) is 5.01 Å². The van der Waals surface area contributed by atoms with Gasteiger partial charge in [0.2, 0.25) is 0 Å². The molecule has 1 aromatic heterocycles. The fraction of sp³-hybridized carbons (Fsp3) is 0.500. The number of thiazole rings is 1. The Morgan fingerprint density at radius 2 is 2.10 bits per heavy atom. The van der Waals surface area contributed by atoms with Gasteiger partial charge in [-0.05, 0) is 36.3 Å². The summed E-state index contributed by atoms with van der Waals surface area (Å²) in [6, 6.07) is 9.57. The van der Waals surface area contributed by atoms with Gasteiger partial charge in [0, 0.05) is 23.4 Å². The Bertz CT molecular complexity index is 655. The first-order chi connectivity index (χ1) is 10.2. The van der Waals surface area contributed by atoms with Crippen molar-refractivity contribution >= 4 is 11.3 Å². The van der Waals surface area contributed by atoms with Crippen molar-refractivity contribution in [3.05, 3.63) is 51.0 Å². The van der Waals surface area contributed by atoms with E-state index in [9.17, 15) is 0 Å². The molecule has 3 heteroatoms. The summed E-state index contributed by atoms with van der Waals surface area (Å²) >= 11 is 1.93. The molecular weight excluding hydrogens is 276 g/mol. The third-order valence-electron chi connectivity index (χ3n) is 4.57. The van der Waals surface area contributed by atoms with Crippen LogP contribution in [0.1, 0.15) is 65.2 Å². The molecule has 0 amide bonds. The lowest BCUT2D eigenvalue weighted by Gasteiger charge is -2.28. The first-order valence-corrected chi connectivity index (χ1v) is 8.84. The average molecular weight is 298 g/mol. The molecule has 2 aliphatic carbocycles. The monoisotopic (exact) mass is 298 g/mol. The fourth-order valence-electron chi connectivity index (χ4n) is 3.11. The summed E-state index contributed by atoms with van der Waals surface area (Å²) in [6.45, 7) is 5.52. The molecule has 0 saturated heterocycles. The van der Waals surface area contributed by atoms with E-state index >= 15 is 0 Å². The van der Waals surface area contributed by atoms with E-state index < -0.39 is 0 Å². The van der Waals surface area contributed by atoms with Crippen molar-refractivity contribution < 1.29 is 0 Å². The predicted octanol–water partition coefficient (Wildman–Crippen LogP) is 4.21. The van der Waals surface area contributed by atoms with Crippen LogP contribution in [0.5, 0.6) is 0 Å². The van der Waals surface area contributed by atoms with E-state index in [2.05, 4.69) is 43.4 Å². The van der Waals surface area contributed by atoms with E-state index in [1.165, 1.54) is 39.5 Å². The van der Waals surface area contributed by atoms with Crippen LogP contribution in [-0.4, -0.2) is 11.0 Å². The number of hydrogen-bond donors (Lipinski definition) is 1. The molecule has 1 saturated carbocycles. The molecule has 0 spiro atoms. The second kappa shape index (κ2) is 5.22. The average Bonchev–Trinajstić information content (AvgIpc) is 3.17. The Kier molecular flexibility index (Phi) is 3.35. The number of nitrogens with zero attached hydrogens (tertiary/aromatic N) is 1. The van der Waals surface area contributed by atoms with Gasteiger partial charge in [-0.15, -0.1) is 11.3 Å². The minimum atomic E-state index is 0.515. The zero-order valence-corrected chi connectivity index (χ0v) is 13.5. The Hall–Kier alpha value is -1.19. The van der Waals surface area contributed by atoms with Crippen LogP contribution in [0.3, 0.4) is 0 Å². The molecule has 1 atom stereocenters. The molecule has 2 aromatic rings. The molecule has 0 bridgehead atoms. The highest BCUT2D eigenvalue weighted by Crippen LogP contribution is 2.42. The normalized spacial score (nSPS) is 20.4. The van der Waals surface area contributed by atoms with E-state index in [-0.39, 0.29) is 0 Å². The van der Waals surface area contributed by atoms with Gasteiger partial charge < -0.3 is 5.32 Å². The standard InChI is InChI=1S/C18H22N2S/c1-11(2)17-16(10-19-13-7-8-13)21-18(20-17)15-9-12-5-3-4-6-14(12)15/h3-6,11,13,15,19H,7-10H2,1-2H3. The highest BCUT2D eigenvalue weighted by Gasteiger charge is 2.31. The molecule has 0 aliphatic heterocycles. The van der Waals surface area contributed by atoms with Crippen molar-refractivity contribution in [3.8, 4) is 0 Å². The summed E-state index contributed by atoms with van der Waals surface area (Å²) in [6.07, 6.45) is 3.86. The van der Waals surface area contributed by atoms with Crippen LogP contribution in [0.15, 0.2) is 24.3 Å². The second-order valence-corrected chi connectivity index (χ2v) is 7.74. The lowest BCUT2D eigenvalue weighted by molar-refractivity contribution is 0.674. The fourth-order valence-corrected chi connectivity index (χ4v) is 4.40. The molecule has 1 unspecified atom stereocenters. The molecule has 110 valence electrons. The molecule has 1 heterocycles. The summed E-state index contributed by atoms with van der Waals surface area (Å²) in [5.74, 6) is 1.06. The van der Waals surface area contributed by atoms with E-state index in [0.717, 1.165) is 19.0 Å². The van der Waals surface area contributed by atoms with E-state index in [4.69, 9.17) is 4.98 Å². The van der Waals surface area contributed by atoms with Gasteiger partial charge in [0.25, 0.3) is 0 Å². The molecule has 1 fully saturated rings. The van der Waals surface area contributed by atoms with E-state index in [1.807, 2.05) is 11.3 Å². The number of benzene rings is 1. The summed E-state index contributed by atoms with van der Waals surface area (Å²) in [5, 5.41) is 4.97. The van der Waals surface area contributed by atoms with Crippen LogP contribution in [-0.2, 0) is 13.0 Å². The van der Waals surface area contributed by atoms with Crippen LogP contribution in [0.25, 0.3) is 0 Å². The van der Waals surface area contributed by atoms with Crippen LogP contribution >= 0.6 is 11.3 Å². The Balaban J connectivity index is 1.59. The molecule has 2 nitrogen and oxygen atoms in total. The Morgan fingerprint density at radius 3 is 2.81 bits per heavy atom. The molecule has 1 aromatic carbocycles. The van der Waals surface area contributed by atoms with Crippen LogP contribution in [0, 0.1) is 0 Å². The van der Waals surface area contributed by atoms with Gasteiger partial charge in [-0.3, -0.25) is 0 Å². The van der Waals surface area contributed by atoms with Crippen molar-refractivity contribution in [2.24, 2.45) is 0 Å². The number of fused-ring (bicyclic) bond motifs is 1. The lowest BCUT2D eigenvalue weighted by atomic mass is 9.78. The van der Waals surface area contributed by atoms with Crippen LogP contribution in [0.2, 0.25) is 0 Å². The topological polar surface area (TPSA) is 24.9 Å². The third-order valence-corrected chi connectivity index (χ3v) is 5.76. The maximum absolute atomic E-state index is 5.01. The Labute approximate surface area is 130 Å². The lowest BCUT2D eigenvalue weighted by Crippen LogP contribution is -2.17. The largest absolute Gasteiger partial charge is 0.309 e. The van der Waals surface area contributed by atoms with Crippen molar-refractivity contribution in [2.45, 2.75) is 57.5 Å². The van der Waals surface area contributed by atoms with Crippen LogP contribution < -0.4 is 5.32 Å². The maximum Gasteiger partial charge on any atom is 0.101 e. The highest BCUT2D eigenvalue weighted by atomic mass is 32.1. The van der Waals surface area contributed by atoms with Crippen molar-refractivity contribution in [3.63, 3.8) is 0 Å². The van der Waals surface area contributed by atoms with Gasteiger partial charge >= 0.3 is 0 Å². The smallest absolute Gasteiger partial charge is 0.101 e. The first-order valence-electron chi connectivity index (χ1n) is 8.03. The predicted molar refractivity (Wildman–Crippen MR) is 88.1 cm³/mol. The number of rotatable bonds is 5. The summed E-state index contributed by atoms with van der Waals surface area (Å²) < 4.78 is 0. The van der Waals surface area contributed by atoms with Gasteiger partial charge in [-0.2, -0.15) is 0 Å². The molecule has 0 radical (unpaired) electrons. The zero-order chi connectivity index (χ0) is 14.4. The minimum Gasteiger partial charge on any atom is -0.309 e. The highest BCUT2D eigenvalue weighted by molar-refractivity contribution is 7.11. The molecule has 4 rings (SSSR count). The van der Waals surface area contributed by atoms with E-state index in [1.54, 1.807) is 0 Å². The summed E-state index contributed by atoms with van der Waals surface area (Å²) in [7, 11) is 0. The Morgan fingerprint density at radius 1 is 1.29 bits per heavy atom. The zero-order valence-electron chi connectivity index (χ0n) is 12.7. The second-order valence-electron chi connectivity index (χ2n) is 6.63. The van der Waals surface area contributed by atoms with Gasteiger partial charge in [-0.25, -0.2) is 4.98 Å². The first kappa shape index (κ1) is 13.5. The number of aromatic nitrogens is 1. The van der Waals surface area contributed by atoms with Gasteiger partial charge in [-0.1, -0.05) is 38.1 Å². The molecular formula is C18H22N2S. The number of hydrogen-bond acceptors (Lipinski definition) is 3. The van der Waals surface area contributed by atoms with Crippen molar-refractivity contribution in [1.82, 2.24) is 10.3 Å². The summed E-state index contributed by atoms with van der Waals surface area (Å²) in [4.78, 5) is 6.46. The third kappa shape index (κ3) is 2.53. The van der Waals surface area contributed by atoms with Gasteiger partial charge in [0.15, 0.2) is 0 Å². The van der Waals surface area contributed by atoms with E-state index in [0.29, 0.717) is 11.8 Å². The quantitative estimate of drug-likeness (QED) is 0.894. The molecule has 1 N–H and O–H groups in total. The van der Waals surface area contributed by atoms with Crippen molar-refractivity contribution in [1.29, 1.82) is 0 Å². The van der Waals surface area contributed by atoms with Gasteiger partial charge in [0.05, 0.1) is 5.69 Å². The summed E-state index contributed by atoms with van der Waals surface area (Å²) in [5.41, 5.74) is 4.30. The van der Waals surface area contributed by atoms with Crippen LogP contribution in [0.4, 0.5) is 0 Å². The molecule has 2 aliphatic rings. The maximum atomic E-state index is 5.01. The SMILES string of the molecule is CC(C)c1nc(C2Cc3ccccc32)sc1CNC1CC1.